The van der Waals surface area contributed by atoms with Crippen molar-refractivity contribution >= 4 is 5.91 Å². The first-order chi connectivity index (χ1) is 5.73. The molecule has 4 nitrogen and oxygen atoms in total. The first kappa shape index (κ1) is 12.4. The molecule has 0 aliphatic rings. The molecule has 78 valence electrons. The van der Waals surface area contributed by atoms with E-state index < -0.39 is 0 Å². The normalized spacial score (nSPS) is 14.4. The van der Waals surface area contributed by atoms with Gasteiger partial charge in [0.05, 0.1) is 0 Å². The van der Waals surface area contributed by atoms with Crippen molar-refractivity contribution in [3.05, 3.63) is 0 Å². The first-order valence-corrected chi connectivity index (χ1v) is 4.46. The highest BCUT2D eigenvalue weighted by Gasteiger charge is 2.23. The van der Waals surface area contributed by atoms with E-state index in [0.29, 0.717) is 6.42 Å². The van der Waals surface area contributed by atoms with Crippen molar-refractivity contribution in [1.29, 1.82) is 0 Å². The van der Waals surface area contributed by atoms with Crippen molar-refractivity contribution in [3.8, 4) is 0 Å². The summed E-state index contributed by atoms with van der Waals surface area (Å²) in [4.78, 5) is 11.3. The summed E-state index contributed by atoms with van der Waals surface area (Å²) in [6, 6.07) is -0.104. The summed E-state index contributed by atoms with van der Waals surface area (Å²) in [5.41, 5.74) is 8.48. The van der Waals surface area contributed by atoms with Crippen LogP contribution < -0.4 is 11.2 Å². The third kappa shape index (κ3) is 5.60. The third-order valence-electron chi connectivity index (χ3n) is 1.87. The van der Waals surface area contributed by atoms with Crippen LogP contribution in [-0.2, 0) is 4.79 Å². The Balaban J connectivity index is 3.93. The van der Waals surface area contributed by atoms with E-state index in [9.17, 15) is 4.79 Å². The Bertz CT molecular complexity index is 172. The molecular weight excluding hydrogens is 166 g/mol. The monoisotopic (exact) mass is 187 g/mol. The Morgan fingerprint density at radius 1 is 1.46 bits per heavy atom. The van der Waals surface area contributed by atoms with Crippen LogP contribution in [0.5, 0.6) is 0 Å². The molecule has 13 heavy (non-hydrogen) atoms. The maximum atomic E-state index is 11.3. The molecule has 0 aromatic rings. The minimum absolute atomic E-state index is 0.0242. The van der Waals surface area contributed by atoms with Crippen molar-refractivity contribution < 1.29 is 4.79 Å². The Labute approximate surface area is 80.4 Å². The lowest BCUT2D eigenvalue weighted by Gasteiger charge is -2.26. The van der Waals surface area contributed by atoms with Crippen molar-refractivity contribution in [2.45, 2.75) is 33.2 Å². The van der Waals surface area contributed by atoms with Crippen LogP contribution in [0.4, 0.5) is 0 Å². The van der Waals surface area contributed by atoms with E-state index in [2.05, 4.69) is 5.43 Å². The predicted molar refractivity (Wildman–Crippen MR) is 53.9 cm³/mol. The summed E-state index contributed by atoms with van der Waals surface area (Å²) < 4.78 is 0. The molecule has 0 saturated heterocycles. The quantitative estimate of drug-likeness (QED) is 0.626. The second-order valence-corrected chi connectivity index (χ2v) is 4.61. The molecule has 1 atom stereocenters. The molecule has 0 heterocycles. The van der Waals surface area contributed by atoms with E-state index in [-0.39, 0.29) is 17.4 Å². The molecule has 0 rings (SSSR count). The van der Waals surface area contributed by atoms with Crippen LogP contribution in [0.3, 0.4) is 0 Å². The topological polar surface area (TPSA) is 58.4 Å². The van der Waals surface area contributed by atoms with E-state index in [1.54, 1.807) is 19.1 Å². The number of hydrogen-bond donors (Lipinski definition) is 2. The zero-order valence-electron chi connectivity index (χ0n) is 9.22. The number of amides is 1. The number of carbonyl (C=O) groups excluding carboxylic acids is 1. The van der Waals surface area contributed by atoms with Gasteiger partial charge < -0.3 is 5.73 Å². The van der Waals surface area contributed by atoms with Crippen LogP contribution in [0.2, 0.25) is 0 Å². The van der Waals surface area contributed by atoms with Gasteiger partial charge in [-0.15, -0.1) is 0 Å². The number of hydrazine groups is 1. The summed E-state index contributed by atoms with van der Waals surface area (Å²) in [5, 5.41) is 1.62. The fraction of sp³-hybridized carbons (Fsp3) is 0.889. The molecule has 1 unspecified atom stereocenters. The maximum absolute atomic E-state index is 11.3. The van der Waals surface area contributed by atoms with E-state index >= 15 is 0 Å². The number of nitrogens with two attached hydrogens (primary N) is 1. The van der Waals surface area contributed by atoms with E-state index in [4.69, 9.17) is 5.73 Å². The SMILES string of the molecule is CN(C)NC(=O)CC(N)C(C)(C)C. The Morgan fingerprint density at radius 3 is 2.23 bits per heavy atom. The molecule has 0 aliphatic carbocycles. The van der Waals surface area contributed by atoms with Crippen LogP contribution >= 0.6 is 0 Å². The summed E-state index contributed by atoms with van der Waals surface area (Å²) in [5.74, 6) is -0.0348. The molecule has 0 radical (unpaired) electrons. The first-order valence-electron chi connectivity index (χ1n) is 4.46. The summed E-state index contributed by atoms with van der Waals surface area (Å²) in [6.45, 7) is 6.09. The van der Waals surface area contributed by atoms with Gasteiger partial charge in [0.2, 0.25) is 5.91 Å². The molecule has 1 amide bonds. The average Bonchev–Trinajstić information content (AvgIpc) is 1.82. The molecule has 0 aromatic heterocycles. The van der Waals surface area contributed by atoms with Crippen molar-refractivity contribution in [1.82, 2.24) is 10.4 Å². The summed E-state index contributed by atoms with van der Waals surface area (Å²) in [7, 11) is 3.56. The molecule has 0 bridgehead atoms. The zero-order chi connectivity index (χ0) is 10.6. The van der Waals surface area contributed by atoms with Gasteiger partial charge in [0.25, 0.3) is 0 Å². The van der Waals surface area contributed by atoms with E-state index in [1.807, 2.05) is 20.8 Å². The van der Waals surface area contributed by atoms with Crippen LogP contribution in [0, 0.1) is 5.41 Å². The number of rotatable bonds is 3. The lowest BCUT2D eigenvalue weighted by atomic mass is 9.85. The van der Waals surface area contributed by atoms with E-state index in [0.717, 1.165) is 0 Å². The van der Waals surface area contributed by atoms with Gasteiger partial charge in [-0.05, 0) is 5.41 Å². The lowest BCUT2D eigenvalue weighted by molar-refractivity contribution is -0.125. The van der Waals surface area contributed by atoms with Crippen LogP contribution in [-0.4, -0.2) is 31.1 Å². The van der Waals surface area contributed by atoms with Crippen molar-refractivity contribution in [2.75, 3.05) is 14.1 Å². The highest BCUT2D eigenvalue weighted by Crippen LogP contribution is 2.19. The third-order valence-corrected chi connectivity index (χ3v) is 1.87. The molecule has 0 saturated carbocycles. The predicted octanol–water partition coefficient (Wildman–Crippen LogP) is 0.343. The van der Waals surface area contributed by atoms with Gasteiger partial charge in [-0.3, -0.25) is 10.2 Å². The van der Waals surface area contributed by atoms with Crippen LogP contribution in [0.1, 0.15) is 27.2 Å². The molecule has 4 heteroatoms. The van der Waals surface area contributed by atoms with Crippen LogP contribution in [0.25, 0.3) is 0 Å². The van der Waals surface area contributed by atoms with Gasteiger partial charge in [0, 0.05) is 26.6 Å². The second-order valence-electron chi connectivity index (χ2n) is 4.61. The minimum atomic E-state index is -0.104. The smallest absolute Gasteiger partial charge is 0.235 e. The molecule has 0 aromatic carbocycles. The summed E-state index contributed by atoms with van der Waals surface area (Å²) in [6.07, 6.45) is 0.363. The van der Waals surface area contributed by atoms with Gasteiger partial charge in [0.15, 0.2) is 0 Å². The molecule has 0 aliphatic heterocycles. The van der Waals surface area contributed by atoms with Gasteiger partial charge in [-0.25, -0.2) is 5.01 Å². The average molecular weight is 187 g/mol. The molecular formula is C9H21N3O. The highest BCUT2D eigenvalue weighted by atomic mass is 16.2. The number of carbonyl (C=O) groups is 1. The Hall–Kier alpha value is -0.610. The molecule has 0 spiro atoms. The van der Waals surface area contributed by atoms with Crippen molar-refractivity contribution in [3.63, 3.8) is 0 Å². The van der Waals surface area contributed by atoms with Crippen molar-refractivity contribution in [2.24, 2.45) is 11.1 Å². The number of hydrogen-bond acceptors (Lipinski definition) is 3. The van der Waals surface area contributed by atoms with Gasteiger partial charge >= 0.3 is 0 Å². The van der Waals surface area contributed by atoms with Gasteiger partial charge in [-0.1, -0.05) is 20.8 Å². The van der Waals surface area contributed by atoms with Gasteiger partial charge in [-0.2, -0.15) is 0 Å². The minimum Gasteiger partial charge on any atom is -0.327 e. The lowest BCUT2D eigenvalue weighted by Crippen LogP contribution is -2.43. The summed E-state index contributed by atoms with van der Waals surface area (Å²) >= 11 is 0. The number of nitrogens with zero attached hydrogens (tertiary/aromatic N) is 1. The van der Waals surface area contributed by atoms with Gasteiger partial charge in [0.1, 0.15) is 0 Å². The van der Waals surface area contributed by atoms with E-state index in [1.165, 1.54) is 0 Å². The maximum Gasteiger partial charge on any atom is 0.235 e. The zero-order valence-corrected chi connectivity index (χ0v) is 9.22. The Morgan fingerprint density at radius 2 is 1.92 bits per heavy atom. The highest BCUT2D eigenvalue weighted by molar-refractivity contribution is 5.76. The fourth-order valence-electron chi connectivity index (χ4n) is 0.801. The molecule has 3 N–H and O–H groups in total. The van der Waals surface area contributed by atoms with Crippen LogP contribution in [0.15, 0.2) is 0 Å². The largest absolute Gasteiger partial charge is 0.327 e. The Kier molecular flexibility index (Phi) is 4.36. The second kappa shape index (κ2) is 4.58. The molecule has 0 fully saturated rings. The fourth-order valence-corrected chi connectivity index (χ4v) is 0.801. The number of nitrogens with one attached hydrogen (secondary N) is 1. The standard InChI is InChI=1S/C9H21N3O/c1-9(2,3)7(10)6-8(13)11-12(4)5/h7H,6,10H2,1-5H3,(H,11,13).